The summed E-state index contributed by atoms with van der Waals surface area (Å²) < 4.78 is 38.2. The van der Waals surface area contributed by atoms with Gasteiger partial charge in [0.05, 0.1) is 6.54 Å². The summed E-state index contributed by atoms with van der Waals surface area (Å²) in [5, 5.41) is 5.18. The molecule has 114 valence electrons. The number of halogens is 2. The van der Waals surface area contributed by atoms with Gasteiger partial charge in [0.2, 0.25) is 0 Å². The summed E-state index contributed by atoms with van der Waals surface area (Å²) in [6, 6.07) is 4.36. The van der Waals surface area contributed by atoms with Gasteiger partial charge in [0.1, 0.15) is 11.6 Å². The third kappa shape index (κ3) is 3.81. The third-order valence-electron chi connectivity index (χ3n) is 2.96. The molecular weight excluding hydrogens is 317 g/mol. The van der Waals surface area contributed by atoms with Crippen LogP contribution in [-0.2, 0) is 23.0 Å². The summed E-state index contributed by atoms with van der Waals surface area (Å²) in [5.74, 6) is 0.103. The topological polar surface area (TPSA) is 78.0 Å². The van der Waals surface area contributed by atoms with Gasteiger partial charge in [0.25, 0.3) is 10.0 Å². The minimum Gasteiger partial charge on any atom is -0.329 e. The maximum absolute atomic E-state index is 13.8. The van der Waals surface area contributed by atoms with Crippen LogP contribution in [0.1, 0.15) is 24.7 Å². The molecule has 1 aromatic heterocycles. The first-order chi connectivity index (χ1) is 9.81. The van der Waals surface area contributed by atoms with Gasteiger partial charge in [-0.2, -0.15) is 0 Å². The van der Waals surface area contributed by atoms with Gasteiger partial charge in [0.15, 0.2) is 5.03 Å². The van der Waals surface area contributed by atoms with E-state index in [1.165, 1.54) is 12.3 Å². The Morgan fingerprint density at radius 2 is 2.14 bits per heavy atom. The predicted octanol–water partition coefficient (Wildman–Crippen LogP) is 2.32. The van der Waals surface area contributed by atoms with Crippen LogP contribution in [0.25, 0.3) is 0 Å². The first-order valence-corrected chi connectivity index (χ1v) is 8.26. The monoisotopic (exact) mass is 331 g/mol. The number of nitrogens with zero attached hydrogens (tertiary/aromatic N) is 2. The zero-order chi connectivity index (χ0) is 15.6. The molecule has 0 atom stereocenters. The molecule has 0 unspecified atom stereocenters. The molecule has 1 aromatic carbocycles. The van der Waals surface area contributed by atoms with Gasteiger partial charge in [0, 0.05) is 23.2 Å². The van der Waals surface area contributed by atoms with Crippen molar-refractivity contribution in [3.63, 3.8) is 0 Å². The lowest BCUT2D eigenvalue weighted by molar-refractivity contribution is 0.593. The van der Waals surface area contributed by atoms with Gasteiger partial charge in [-0.15, -0.1) is 0 Å². The van der Waals surface area contributed by atoms with E-state index >= 15 is 0 Å². The number of aromatic nitrogens is 2. The lowest BCUT2D eigenvalue weighted by Crippen LogP contribution is -2.12. The molecule has 8 heteroatoms. The van der Waals surface area contributed by atoms with Crippen LogP contribution in [0, 0.1) is 5.82 Å². The second-order valence-corrected chi connectivity index (χ2v) is 6.60. The van der Waals surface area contributed by atoms with Crippen molar-refractivity contribution in [1.29, 1.82) is 0 Å². The Hall–Kier alpha value is -1.44. The van der Waals surface area contributed by atoms with Gasteiger partial charge in [-0.1, -0.05) is 24.6 Å². The van der Waals surface area contributed by atoms with Crippen molar-refractivity contribution in [2.75, 3.05) is 0 Å². The summed E-state index contributed by atoms with van der Waals surface area (Å²) in [7, 11) is -3.88. The number of aryl methyl sites for hydroxylation is 1. The molecule has 5 nitrogen and oxygen atoms in total. The van der Waals surface area contributed by atoms with Crippen molar-refractivity contribution in [3.8, 4) is 0 Å². The van der Waals surface area contributed by atoms with Crippen LogP contribution < -0.4 is 5.14 Å². The van der Waals surface area contributed by atoms with Crippen LogP contribution in [0.2, 0.25) is 5.02 Å². The molecule has 0 aliphatic heterocycles. The molecule has 0 saturated heterocycles. The predicted molar refractivity (Wildman–Crippen MR) is 78.1 cm³/mol. The summed E-state index contributed by atoms with van der Waals surface area (Å²) in [4.78, 5) is 4.02. The smallest absolute Gasteiger partial charge is 0.257 e. The maximum Gasteiger partial charge on any atom is 0.257 e. The zero-order valence-electron chi connectivity index (χ0n) is 11.4. The van der Waals surface area contributed by atoms with Crippen molar-refractivity contribution in [2.45, 2.75) is 31.3 Å². The number of hydrogen-bond donors (Lipinski definition) is 1. The number of benzene rings is 1. The van der Waals surface area contributed by atoms with Gasteiger partial charge in [-0.05, 0) is 18.6 Å². The van der Waals surface area contributed by atoms with E-state index in [1.54, 1.807) is 16.7 Å². The average Bonchev–Trinajstić information content (AvgIpc) is 2.76. The molecule has 2 N–H and O–H groups in total. The maximum atomic E-state index is 13.8. The molecule has 2 aromatic rings. The quantitative estimate of drug-likeness (QED) is 0.913. The zero-order valence-corrected chi connectivity index (χ0v) is 13.0. The van der Waals surface area contributed by atoms with Crippen LogP contribution in [-0.4, -0.2) is 18.0 Å². The fraction of sp³-hybridized carbons (Fsp3) is 0.308. The van der Waals surface area contributed by atoms with Gasteiger partial charge in [-0.3, -0.25) is 0 Å². The molecule has 0 radical (unpaired) electrons. The Labute approximate surface area is 127 Å². The van der Waals surface area contributed by atoms with E-state index in [-0.39, 0.29) is 11.6 Å². The van der Waals surface area contributed by atoms with Crippen molar-refractivity contribution >= 4 is 21.6 Å². The number of rotatable bonds is 5. The molecule has 0 amide bonds. The Morgan fingerprint density at radius 1 is 1.43 bits per heavy atom. The lowest BCUT2D eigenvalue weighted by atomic mass is 10.2. The SMILES string of the molecule is CCCc1nc(S(N)(=O)=O)cn1Cc1ccc(Cl)cc1F. The number of primary sulfonamides is 1. The molecular formula is C13H15ClFN3O2S. The van der Waals surface area contributed by atoms with E-state index in [9.17, 15) is 12.8 Å². The van der Waals surface area contributed by atoms with Crippen molar-refractivity contribution < 1.29 is 12.8 Å². The first kappa shape index (κ1) is 15.9. The van der Waals surface area contributed by atoms with Crippen molar-refractivity contribution in [3.05, 3.63) is 46.6 Å². The minimum atomic E-state index is -3.88. The highest BCUT2D eigenvalue weighted by Gasteiger charge is 2.17. The van der Waals surface area contributed by atoms with Crippen LogP contribution in [0.3, 0.4) is 0 Å². The van der Waals surface area contributed by atoms with E-state index in [2.05, 4.69) is 4.98 Å². The van der Waals surface area contributed by atoms with E-state index in [0.717, 1.165) is 6.42 Å². The van der Waals surface area contributed by atoms with Crippen LogP contribution in [0.5, 0.6) is 0 Å². The summed E-state index contributed by atoms with van der Waals surface area (Å²) in [6.07, 6.45) is 2.68. The van der Waals surface area contributed by atoms with Crippen LogP contribution >= 0.6 is 11.6 Å². The Morgan fingerprint density at radius 3 is 2.71 bits per heavy atom. The number of hydrogen-bond acceptors (Lipinski definition) is 3. The molecule has 0 aliphatic rings. The Balaban J connectivity index is 2.40. The molecule has 0 aliphatic carbocycles. The van der Waals surface area contributed by atoms with Crippen molar-refractivity contribution in [2.24, 2.45) is 5.14 Å². The van der Waals surface area contributed by atoms with Crippen molar-refractivity contribution in [1.82, 2.24) is 9.55 Å². The van der Waals surface area contributed by atoms with Crippen LogP contribution in [0.15, 0.2) is 29.4 Å². The molecule has 0 saturated carbocycles. The lowest BCUT2D eigenvalue weighted by Gasteiger charge is -2.08. The number of sulfonamides is 1. The molecule has 0 fully saturated rings. The summed E-state index contributed by atoms with van der Waals surface area (Å²) >= 11 is 5.71. The molecule has 2 rings (SSSR count). The van der Waals surface area contributed by atoms with Gasteiger partial charge in [-0.25, -0.2) is 22.9 Å². The molecule has 1 heterocycles. The molecule has 21 heavy (non-hydrogen) atoms. The second kappa shape index (κ2) is 6.13. The summed E-state index contributed by atoms with van der Waals surface area (Å²) in [6.45, 7) is 2.11. The average molecular weight is 332 g/mol. The molecule has 0 bridgehead atoms. The third-order valence-corrected chi connectivity index (χ3v) is 3.97. The number of nitrogens with two attached hydrogens (primary N) is 1. The molecule has 0 spiro atoms. The highest BCUT2D eigenvalue weighted by atomic mass is 35.5. The minimum absolute atomic E-state index is 0.168. The van der Waals surface area contributed by atoms with E-state index in [4.69, 9.17) is 16.7 Å². The Kier molecular flexibility index (Phi) is 4.65. The fourth-order valence-corrected chi connectivity index (χ4v) is 2.62. The van der Waals surface area contributed by atoms with Crippen LogP contribution in [0.4, 0.5) is 4.39 Å². The Bertz CT molecular complexity index is 759. The first-order valence-electron chi connectivity index (χ1n) is 6.34. The highest BCUT2D eigenvalue weighted by molar-refractivity contribution is 7.89. The van der Waals surface area contributed by atoms with Gasteiger partial charge >= 0.3 is 0 Å². The standard InChI is InChI=1S/C13H15ClFN3O2S/c1-2-3-12-17-13(21(16,19)20)8-18(12)7-9-4-5-10(14)6-11(9)15/h4-6,8H,2-3,7H2,1H3,(H2,16,19,20). The fourth-order valence-electron chi connectivity index (χ4n) is 1.96. The number of imidazole rings is 1. The van der Waals surface area contributed by atoms with E-state index < -0.39 is 15.8 Å². The largest absolute Gasteiger partial charge is 0.329 e. The summed E-state index contributed by atoms with van der Waals surface area (Å²) in [5.41, 5.74) is 0.398. The van der Waals surface area contributed by atoms with Gasteiger partial charge < -0.3 is 4.57 Å². The van der Waals surface area contributed by atoms with E-state index in [0.29, 0.717) is 22.8 Å². The second-order valence-electron chi connectivity index (χ2n) is 4.65. The highest BCUT2D eigenvalue weighted by Crippen LogP contribution is 2.18. The van der Waals surface area contributed by atoms with E-state index in [1.807, 2.05) is 6.92 Å². The normalized spacial score (nSPS) is 11.8.